The molecular weight excluding hydrogens is 224 g/mol. The van der Waals surface area contributed by atoms with Crippen LogP contribution in [0.5, 0.6) is 0 Å². The maximum Gasteiger partial charge on any atom is 0.110 e. The Morgan fingerprint density at radius 3 is 1.82 bits per heavy atom. The second kappa shape index (κ2) is 9.79. The van der Waals surface area contributed by atoms with Gasteiger partial charge < -0.3 is 25.5 Å². The molecule has 0 fully saturated rings. The van der Waals surface area contributed by atoms with Crippen LogP contribution in [0, 0.1) is 0 Å². The third-order valence-electron chi connectivity index (χ3n) is 2.93. The van der Waals surface area contributed by atoms with Gasteiger partial charge in [0.1, 0.15) is 18.3 Å². The Balaban J connectivity index is 3.76. The first kappa shape index (κ1) is 16.8. The molecule has 0 aromatic rings. The molecule has 0 rings (SSSR count). The molecule has 5 N–H and O–H groups in total. The fourth-order valence-electron chi connectivity index (χ4n) is 1.69. The van der Waals surface area contributed by atoms with Gasteiger partial charge in [-0.2, -0.15) is 0 Å². The van der Waals surface area contributed by atoms with Crippen LogP contribution in [0.25, 0.3) is 0 Å². The van der Waals surface area contributed by atoms with Crippen LogP contribution in [0.3, 0.4) is 0 Å². The molecule has 0 aliphatic carbocycles. The Kier molecular flexibility index (Phi) is 9.68. The second-order valence-electron chi connectivity index (χ2n) is 4.50. The van der Waals surface area contributed by atoms with Crippen molar-refractivity contribution in [3.05, 3.63) is 0 Å². The fourth-order valence-corrected chi connectivity index (χ4v) is 1.69. The summed E-state index contributed by atoms with van der Waals surface area (Å²) in [5.74, 6) is 0. The maximum absolute atomic E-state index is 9.59. The highest BCUT2D eigenvalue weighted by molar-refractivity contribution is 4.80. The summed E-state index contributed by atoms with van der Waals surface area (Å²) in [5, 5.41) is 46.2. The summed E-state index contributed by atoms with van der Waals surface area (Å²) in [6, 6.07) is 0. The van der Waals surface area contributed by atoms with Crippen molar-refractivity contribution in [1.82, 2.24) is 0 Å². The molecule has 0 amide bonds. The summed E-state index contributed by atoms with van der Waals surface area (Å²) in [6.07, 6.45) is 0.149. The van der Waals surface area contributed by atoms with Crippen molar-refractivity contribution in [2.75, 3.05) is 6.61 Å². The first-order valence-electron chi connectivity index (χ1n) is 6.37. The van der Waals surface area contributed by atoms with Crippen LogP contribution in [0.15, 0.2) is 0 Å². The lowest BCUT2D eigenvalue weighted by molar-refractivity contribution is -0.116. The van der Waals surface area contributed by atoms with Crippen molar-refractivity contribution in [3.8, 4) is 0 Å². The van der Waals surface area contributed by atoms with E-state index < -0.39 is 31.0 Å². The zero-order valence-corrected chi connectivity index (χ0v) is 10.5. The highest BCUT2D eigenvalue weighted by atomic mass is 16.4. The molecule has 0 saturated heterocycles. The minimum absolute atomic E-state index is 0.389. The Bertz CT molecular complexity index is 176. The van der Waals surface area contributed by atoms with Crippen molar-refractivity contribution >= 4 is 0 Å². The molecule has 0 radical (unpaired) electrons. The Hall–Kier alpha value is -0.200. The molecule has 0 aliphatic heterocycles. The highest BCUT2D eigenvalue weighted by Gasteiger charge is 2.29. The normalized spacial score (nSPS) is 18.7. The minimum atomic E-state index is -1.51. The van der Waals surface area contributed by atoms with E-state index in [2.05, 4.69) is 6.92 Å². The lowest BCUT2D eigenvalue weighted by Crippen LogP contribution is -2.45. The summed E-state index contributed by atoms with van der Waals surface area (Å²) in [7, 11) is 0. The molecular formula is C12H26O5. The van der Waals surface area contributed by atoms with Gasteiger partial charge in [-0.05, 0) is 6.42 Å². The van der Waals surface area contributed by atoms with Crippen LogP contribution in [0.1, 0.15) is 45.4 Å². The molecule has 17 heavy (non-hydrogen) atoms. The zero-order chi connectivity index (χ0) is 13.3. The standard InChI is InChI=1S/C12H26O5/c1-2-3-4-5-6-7-9(14)11(16)12(17)10(15)8-13/h9-17H,2-8H2,1H3/t9-,10+,11+,12-/m0/s1. The SMILES string of the molecule is CCCCCCC[C@H](O)[C@@H](O)[C@@H](O)[C@H](O)CO. The van der Waals surface area contributed by atoms with Gasteiger partial charge in [0.25, 0.3) is 0 Å². The van der Waals surface area contributed by atoms with Crippen LogP contribution in [0.2, 0.25) is 0 Å². The van der Waals surface area contributed by atoms with Gasteiger partial charge in [-0.1, -0.05) is 39.0 Å². The van der Waals surface area contributed by atoms with E-state index in [1.807, 2.05) is 0 Å². The van der Waals surface area contributed by atoms with E-state index in [1.165, 1.54) is 0 Å². The van der Waals surface area contributed by atoms with Crippen LogP contribution in [-0.2, 0) is 0 Å². The molecule has 0 bridgehead atoms. The van der Waals surface area contributed by atoms with E-state index in [-0.39, 0.29) is 0 Å². The number of hydrogen-bond acceptors (Lipinski definition) is 5. The minimum Gasteiger partial charge on any atom is -0.394 e. The maximum atomic E-state index is 9.59. The van der Waals surface area contributed by atoms with E-state index in [9.17, 15) is 15.3 Å². The molecule has 0 heterocycles. The van der Waals surface area contributed by atoms with E-state index in [0.717, 1.165) is 32.1 Å². The highest BCUT2D eigenvalue weighted by Crippen LogP contribution is 2.12. The summed E-state index contributed by atoms with van der Waals surface area (Å²) in [4.78, 5) is 0. The number of aliphatic hydroxyl groups is 5. The van der Waals surface area contributed by atoms with Crippen molar-refractivity contribution in [2.45, 2.75) is 69.9 Å². The summed E-state index contributed by atoms with van der Waals surface area (Å²) in [5.41, 5.74) is 0. The molecule has 0 spiro atoms. The van der Waals surface area contributed by atoms with Crippen molar-refractivity contribution < 1.29 is 25.5 Å². The smallest absolute Gasteiger partial charge is 0.110 e. The predicted molar refractivity (Wildman–Crippen MR) is 64.5 cm³/mol. The molecule has 5 nitrogen and oxygen atoms in total. The van der Waals surface area contributed by atoms with Gasteiger partial charge in [0, 0.05) is 0 Å². The molecule has 0 aromatic carbocycles. The lowest BCUT2D eigenvalue weighted by Gasteiger charge is -2.25. The van der Waals surface area contributed by atoms with Gasteiger partial charge in [-0.25, -0.2) is 0 Å². The van der Waals surface area contributed by atoms with Crippen LogP contribution >= 0.6 is 0 Å². The van der Waals surface area contributed by atoms with Gasteiger partial charge in [0.15, 0.2) is 0 Å². The number of unbranched alkanes of at least 4 members (excludes halogenated alkanes) is 4. The molecule has 104 valence electrons. The first-order valence-corrected chi connectivity index (χ1v) is 6.37. The summed E-state index contributed by atoms with van der Waals surface area (Å²) < 4.78 is 0. The lowest BCUT2D eigenvalue weighted by atomic mass is 9.98. The number of rotatable bonds is 10. The molecule has 0 unspecified atom stereocenters. The predicted octanol–water partition coefficient (Wildman–Crippen LogP) is -0.217. The number of hydrogen-bond donors (Lipinski definition) is 5. The average Bonchev–Trinajstić information content (AvgIpc) is 2.35. The second-order valence-corrected chi connectivity index (χ2v) is 4.50. The summed E-state index contributed by atoms with van der Waals surface area (Å²) >= 11 is 0. The van der Waals surface area contributed by atoms with Gasteiger partial charge in [0.2, 0.25) is 0 Å². The third kappa shape index (κ3) is 6.95. The first-order chi connectivity index (χ1) is 8.04. The van der Waals surface area contributed by atoms with Crippen LogP contribution < -0.4 is 0 Å². The van der Waals surface area contributed by atoms with E-state index >= 15 is 0 Å². The van der Waals surface area contributed by atoms with Crippen LogP contribution in [-0.4, -0.2) is 56.6 Å². The Labute approximate surface area is 103 Å². The Morgan fingerprint density at radius 2 is 1.29 bits per heavy atom. The molecule has 0 saturated carbocycles. The monoisotopic (exact) mass is 250 g/mol. The van der Waals surface area contributed by atoms with Crippen LogP contribution in [0.4, 0.5) is 0 Å². The van der Waals surface area contributed by atoms with E-state index in [0.29, 0.717) is 6.42 Å². The quantitative estimate of drug-likeness (QED) is 0.345. The van der Waals surface area contributed by atoms with Gasteiger partial charge in [-0.3, -0.25) is 0 Å². The molecule has 0 aromatic heterocycles. The largest absolute Gasteiger partial charge is 0.394 e. The molecule has 5 heteroatoms. The third-order valence-corrected chi connectivity index (χ3v) is 2.93. The fraction of sp³-hybridized carbons (Fsp3) is 1.00. The van der Waals surface area contributed by atoms with Crippen molar-refractivity contribution in [2.24, 2.45) is 0 Å². The summed E-state index contributed by atoms with van der Waals surface area (Å²) in [6.45, 7) is 1.48. The van der Waals surface area contributed by atoms with Gasteiger partial charge in [0.05, 0.1) is 12.7 Å². The van der Waals surface area contributed by atoms with Crippen molar-refractivity contribution in [3.63, 3.8) is 0 Å². The van der Waals surface area contributed by atoms with Gasteiger partial charge in [-0.15, -0.1) is 0 Å². The number of aliphatic hydroxyl groups excluding tert-OH is 5. The topological polar surface area (TPSA) is 101 Å². The molecule has 0 aliphatic rings. The molecule has 4 atom stereocenters. The Morgan fingerprint density at radius 1 is 0.765 bits per heavy atom. The van der Waals surface area contributed by atoms with Crippen molar-refractivity contribution in [1.29, 1.82) is 0 Å². The van der Waals surface area contributed by atoms with E-state index in [4.69, 9.17) is 10.2 Å². The van der Waals surface area contributed by atoms with Gasteiger partial charge >= 0.3 is 0 Å². The zero-order valence-electron chi connectivity index (χ0n) is 10.5. The average molecular weight is 250 g/mol. The van der Waals surface area contributed by atoms with E-state index in [1.54, 1.807) is 0 Å².